The molecule has 1 atom stereocenters. The van der Waals surface area contributed by atoms with Gasteiger partial charge in [-0.05, 0) is 19.8 Å². The van der Waals surface area contributed by atoms with Gasteiger partial charge in [0.05, 0.1) is 5.41 Å². The first-order chi connectivity index (χ1) is 4.92. The molecule has 66 valence electrons. The van der Waals surface area contributed by atoms with Crippen LogP contribution in [0.1, 0.15) is 20.8 Å². The van der Waals surface area contributed by atoms with Crippen LogP contribution in [0.5, 0.6) is 0 Å². The fourth-order valence-electron chi connectivity index (χ4n) is 0.669. The summed E-state index contributed by atoms with van der Waals surface area (Å²) in [6, 6.07) is 0. The molecule has 0 aromatic carbocycles. The van der Waals surface area contributed by atoms with E-state index in [2.05, 4.69) is 0 Å². The normalized spacial score (nSPS) is 14.5. The summed E-state index contributed by atoms with van der Waals surface area (Å²) >= 11 is 0. The molecule has 0 aliphatic carbocycles. The molecular formula is C8H16O3. The summed E-state index contributed by atoms with van der Waals surface area (Å²) in [5.74, 6) is -0.743. The average Bonchev–Trinajstić information content (AvgIpc) is 1.88. The number of methoxy groups -OCH3 is 1. The van der Waals surface area contributed by atoms with Gasteiger partial charge in [-0.15, -0.1) is 0 Å². The van der Waals surface area contributed by atoms with Crippen LogP contribution < -0.4 is 0 Å². The van der Waals surface area contributed by atoms with Crippen molar-refractivity contribution in [3.63, 3.8) is 0 Å². The standard InChI is InChI=1S/C8H16O3/c1-6(5-11-4)8(2,3)7(9)10/h6H,5H2,1-4H3,(H,9,10). The van der Waals surface area contributed by atoms with E-state index in [0.717, 1.165) is 0 Å². The molecule has 0 saturated heterocycles. The van der Waals surface area contributed by atoms with Crippen molar-refractivity contribution in [3.05, 3.63) is 0 Å². The predicted molar refractivity (Wildman–Crippen MR) is 42.5 cm³/mol. The molecule has 0 aromatic heterocycles. The van der Waals surface area contributed by atoms with Crippen LogP contribution in [-0.2, 0) is 9.53 Å². The number of aliphatic carboxylic acids is 1. The van der Waals surface area contributed by atoms with E-state index in [4.69, 9.17) is 9.84 Å². The maximum atomic E-state index is 10.7. The minimum absolute atomic E-state index is 0.0324. The van der Waals surface area contributed by atoms with Gasteiger partial charge in [0.25, 0.3) is 0 Å². The molecule has 0 rings (SSSR count). The summed E-state index contributed by atoms with van der Waals surface area (Å²) in [6.07, 6.45) is 0. The van der Waals surface area contributed by atoms with Crippen molar-refractivity contribution in [1.29, 1.82) is 0 Å². The van der Waals surface area contributed by atoms with Crippen LogP contribution >= 0.6 is 0 Å². The van der Waals surface area contributed by atoms with Gasteiger partial charge in [0.15, 0.2) is 0 Å². The lowest BCUT2D eigenvalue weighted by molar-refractivity contribution is -0.150. The molecule has 1 N–H and O–H groups in total. The number of carboxylic acid groups (broad SMARTS) is 1. The topological polar surface area (TPSA) is 46.5 Å². The Balaban J connectivity index is 4.17. The number of rotatable bonds is 4. The number of carbonyl (C=O) groups is 1. The van der Waals surface area contributed by atoms with E-state index in [-0.39, 0.29) is 5.92 Å². The van der Waals surface area contributed by atoms with Gasteiger partial charge in [-0.3, -0.25) is 4.79 Å². The number of ether oxygens (including phenoxy) is 1. The van der Waals surface area contributed by atoms with Crippen LogP contribution in [0, 0.1) is 11.3 Å². The minimum atomic E-state index is -0.776. The maximum absolute atomic E-state index is 10.7. The van der Waals surface area contributed by atoms with E-state index < -0.39 is 11.4 Å². The fraction of sp³-hybridized carbons (Fsp3) is 0.875. The zero-order valence-corrected chi connectivity index (χ0v) is 7.55. The predicted octanol–water partition coefficient (Wildman–Crippen LogP) is 1.38. The highest BCUT2D eigenvalue weighted by Crippen LogP contribution is 2.26. The third kappa shape index (κ3) is 2.50. The zero-order chi connectivity index (χ0) is 9.07. The average molecular weight is 160 g/mol. The second-order valence-corrected chi connectivity index (χ2v) is 3.38. The van der Waals surface area contributed by atoms with Crippen molar-refractivity contribution in [2.75, 3.05) is 13.7 Å². The van der Waals surface area contributed by atoms with Crippen LogP contribution in [0.2, 0.25) is 0 Å². The van der Waals surface area contributed by atoms with Crippen LogP contribution in [0.15, 0.2) is 0 Å². The van der Waals surface area contributed by atoms with Crippen LogP contribution in [0.4, 0.5) is 0 Å². The lowest BCUT2D eigenvalue weighted by Gasteiger charge is -2.26. The Hall–Kier alpha value is -0.570. The van der Waals surface area contributed by atoms with Crippen molar-refractivity contribution in [2.24, 2.45) is 11.3 Å². The van der Waals surface area contributed by atoms with E-state index in [0.29, 0.717) is 6.61 Å². The number of hydrogen-bond acceptors (Lipinski definition) is 2. The van der Waals surface area contributed by atoms with E-state index in [1.165, 1.54) is 0 Å². The molecule has 3 nitrogen and oxygen atoms in total. The Morgan fingerprint density at radius 3 is 2.36 bits per heavy atom. The van der Waals surface area contributed by atoms with Crippen molar-refractivity contribution in [1.82, 2.24) is 0 Å². The first kappa shape index (κ1) is 10.4. The van der Waals surface area contributed by atoms with Gasteiger partial charge in [-0.2, -0.15) is 0 Å². The van der Waals surface area contributed by atoms with Gasteiger partial charge in [0.1, 0.15) is 0 Å². The quantitative estimate of drug-likeness (QED) is 0.675. The Morgan fingerprint density at radius 1 is 1.64 bits per heavy atom. The van der Waals surface area contributed by atoms with Gasteiger partial charge in [0, 0.05) is 13.7 Å². The molecule has 0 heterocycles. The Labute approximate surface area is 67.4 Å². The third-order valence-electron chi connectivity index (χ3n) is 2.20. The summed E-state index contributed by atoms with van der Waals surface area (Å²) in [4.78, 5) is 10.7. The summed E-state index contributed by atoms with van der Waals surface area (Å²) in [7, 11) is 1.58. The monoisotopic (exact) mass is 160 g/mol. The highest BCUT2D eigenvalue weighted by Gasteiger charge is 2.33. The molecule has 1 unspecified atom stereocenters. The highest BCUT2D eigenvalue weighted by molar-refractivity contribution is 5.73. The molecular weight excluding hydrogens is 144 g/mol. The molecule has 11 heavy (non-hydrogen) atoms. The maximum Gasteiger partial charge on any atom is 0.309 e. The molecule has 0 spiro atoms. The molecule has 0 bridgehead atoms. The van der Waals surface area contributed by atoms with Gasteiger partial charge in [-0.25, -0.2) is 0 Å². The number of carboxylic acids is 1. The van der Waals surface area contributed by atoms with Gasteiger partial charge >= 0.3 is 5.97 Å². The summed E-state index contributed by atoms with van der Waals surface area (Å²) in [6.45, 7) is 5.77. The lowest BCUT2D eigenvalue weighted by atomic mass is 9.81. The lowest BCUT2D eigenvalue weighted by Crippen LogP contribution is -2.33. The van der Waals surface area contributed by atoms with Crippen molar-refractivity contribution >= 4 is 5.97 Å². The SMILES string of the molecule is COCC(C)C(C)(C)C(=O)O. The van der Waals surface area contributed by atoms with E-state index in [9.17, 15) is 4.79 Å². The molecule has 0 aliphatic heterocycles. The summed E-state index contributed by atoms with van der Waals surface area (Å²) < 4.78 is 4.88. The number of hydrogen-bond donors (Lipinski definition) is 1. The van der Waals surface area contributed by atoms with Crippen LogP contribution in [0.25, 0.3) is 0 Å². The molecule has 0 saturated carbocycles. The van der Waals surface area contributed by atoms with Crippen molar-refractivity contribution in [3.8, 4) is 0 Å². The smallest absolute Gasteiger partial charge is 0.309 e. The molecule has 3 heteroatoms. The highest BCUT2D eigenvalue weighted by atomic mass is 16.5. The molecule has 0 fully saturated rings. The largest absolute Gasteiger partial charge is 0.481 e. The Bertz CT molecular complexity index is 140. The second-order valence-electron chi connectivity index (χ2n) is 3.38. The summed E-state index contributed by atoms with van der Waals surface area (Å²) in [5, 5.41) is 8.78. The fourth-order valence-corrected chi connectivity index (χ4v) is 0.669. The second kappa shape index (κ2) is 3.72. The van der Waals surface area contributed by atoms with Crippen molar-refractivity contribution in [2.45, 2.75) is 20.8 Å². The third-order valence-corrected chi connectivity index (χ3v) is 2.20. The zero-order valence-electron chi connectivity index (χ0n) is 7.55. The van der Waals surface area contributed by atoms with E-state index in [1.54, 1.807) is 21.0 Å². The first-order valence-electron chi connectivity index (χ1n) is 3.65. The molecule has 0 radical (unpaired) electrons. The minimum Gasteiger partial charge on any atom is -0.481 e. The summed E-state index contributed by atoms with van der Waals surface area (Å²) in [5.41, 5.74) is -0.698. The Morgan fingerprint density at radius 2 is 2.09 bits per heavy atom. The molecule has 0 aliphatic rings. The van der Waals surface area contributed by atoms with Crippen molar-refractivity contribution < 1.29 is 14.6 Å². The van der Waals surface area contributed by atoms with E-state index >= 15 is 0 Å². The van der Waals surface area contributed by atoms with Crippen LogP contribution in [-0.4, -0.2) is 24.8 Å². The van der Waals surface area contributed by atoms with E-state index in [1.807, 2.05) is 6.92 Å². The van der Waals surface area contributed by atoms with Gasteiger partial charge in [-0.1, -0.05) is 6.92 Å². The van der Waals surface area contributed by atoms with Crippen LogP contribution in [0.3, 0.4) is 0 Å². The van der Waals surface area contributed by atoms with Gasteiger partial charge < -0.3 is 9.84 Å². The Kier molecular flexibility index (Phi) is 3.52. The van der Waals surface area contributed by atoms with Gasteiger partial charge in [0.2, 0.25) is 0 Å². The molecule has 0 aromatic rings. The first-order valence-corrected chi connectivity index (χ1v) is 3.65. The molecule has 0 amide bonds.